The van der Waals surface area contributed by atoms with Gasteiger partial charge < -0.3 is 11.5 Å². The summed E-state index contributed by atoms with van der Waals surface area (Å²) < 4.78 is 0. The zero-order valence-electron chi connectivity index (χ0n) is 10.8. The molecule has 0 unspecified atom stereocenters. The van der Waals surface area contributed by atoms with Gasteiger partial charge in [-0.2, -0.15) is 0 Å². The lowest BCUT2D eigenvalue weighted by molar-refractivity contribution is -0.116. The van der Waals surface area contributed by atoms with Crippen molar-refractivity contribution in [3.63, 3.8) is 0 Å². The maximum atomic E-state index is 11.8. The molecular weight excluding hydrogens is 246 g/mol. The first-order chi connectivity index (χ1) is 8.49. The van der Waals surface area contributed by atoms with E-state index >= 15 is 0 Å². The molecule has 0 aromatic heterocycles. The second-order valence-corrected chi connectivity index (χ2v) is 6.08. The highest BCUT2D eigenvalue weighted by molar-refractivity contribution is 8.00. The number of benzene rings is 1. The minimum absolute atomic E-state index is 0.0673. The van der Waals surface area contributed by atoms with Crippen molar-refractivity contribution in [1.82, 2.24) is 0 Å². The Labute approximate surface area is 112 Å². The smallest absolute Gasteiger partial charge is 0.238 e. The lowest BCUT2D eigenvalue weighted by atomic mass is 9.84. The molecule has 1 aliphatic heterocycles. The Kier molecular flexibility index (Phi) is 3.66. The van der Waals surface area contributed by atoms with Crippen LogP contribution in [0.15, 0.2) is 23.1 Å². The van der Waals surface area contributed by atoms with Crippen molar-refractivity contribution in [2.45, 2.75) is 24.2 Å². The average molecular weight is 265 g/mol. The molecule has 98 valence electrons. The van der Waals surface area contributed by atoms with Crippen LogP contribution >= 0.6 is 11.8 Å². The first kappa shape index (κ1) is 13.4. The van der Waals surface area contributed by atoms with E-state index in [0.29, 0.717) is 12.3 Å². The van der Waals surface area contributed by atoms with Crippen molar-refractivity contribution in [3.05, 3.63) is 23.8 Å². The minimum atomic E-state index is -0.0968. The lowest BCUT2D eigenvalue weighted by Crippen LogP contribution is -2.40. The number of carbonyl (C=O) groups is 1. The molecule has 0 saturated heterocycles. The molecule has 2 rings (SSSR count). The van der Waals surface area contributed by atoms with Crippen LogP contribution in [0.25, 0.3) is 0 Å². The largest absolute Gasteiger partial charge is 0.330 e. The lowest BCUT2D eigenvalue weighted by Gasteiger charge is -2.30. The number of carbonyl (C=O) groups excluding carboxylic acids is 1. The highest BCUT2D eigenvalue weighted by atomic mass is 32.2. The maximum absolute atomic E-state index is 11.8. The van der Waals surface area contributed by atoms with Crippen LogP contribution < -0.4 is 16.4 Å². The third-order valence-corrected chi connectivity index (χ3v) is 4.42. The SMILES string of the molecule is CC(C)(CN)c1ccc2c(c1)N(CN)C(=O)CS2. The van der Waals surface area contributed by atoms with E-state index in [-0.39, 0.29) is 18.0 Å². The van der Waals surface area contributed by atoms with Crippen LogP contribution in [0.1, 0.15) is 19.4 Å². The van der Waals surface area contributed by atoms with Gasteiger partial charge >= 0.3 is 0 Å². The number of thioether (sulfide) groups is 1. The van der Waals surface area contributed by atoms with Crippen molar-refractivity contribution in [2.75, 3.05) is 23.9 Å². The summed E-state index contributed by atoms with van der Waals surface area (Å²) >= 11 is 1.56. The van der Waals surface area contributed by atoms with Gasteiger partial charge in [-0.3, -0.25) is 9.69 Å². The van der Waals surface area contributed by atoms with Gasteiger partial charge in [-0.05, 0) is 17.7 Å². The molecule has 1 aromatic carbocycles. The summed E-state index contributed by atoms with van der Waals surface area (Å²) in [7, 11) is 0. The van der Waals surface area contributed by atoms with Crippen LogP contribution in [0.4, 0.5) is 5.69 Å². The van der Waals surface area contributed by atoms with Crippen LogP contribution in [0, 0.1) is 0 Å². The minimum Gasteiger partial charge on any atom is -0.330 e. The van der Waals surface area contributed by atoms with Crippen LogP contribution in [0.3, 0.4) is 0 Å². The number of amides is 1. The quantitative estimate of drug-likeness (QED) is 0.863. The van der Waals surface area contributed by atoms with E-state index in [1.807, 2.05) is 6.07 Å². The van der Waals surface area contributed by atoms with Gasteiger partial charge in [0.05, 0.1) is 18.1 Å². The number of rotatable bonds is 3. The summed E-state index contributed by atoms with van der Waals surface area (Å²) in [5.74, 6) is 0.529. The van der Waals surface area contributed by atoms with Crippen LogP contribution in [0.2, 0.25) is 0 Å². The molecule has 5 heteroatoms. The predicted molar refractivity (Wildman–Crippen MR) is 75.8 cm³/mol. The zero-order chi connectivity index (χ0) is 13.3. The zero-order valence-corrected chi connectivity index (χ0v) is 11.6. The van der Waals surface area contributed by atoms with E-state index in [4.69, 9.17) is 11.5 Å². The van der Waals surface area contributed by atoms with Gasteiger partial charge in [0, 0.05) is 16.9 Å². The Morgan fingerprint density at radius 3 is 2.72 bits per heavy atom. The van der Waals surface area contributed by atoms with Crippen LogP contribution in [-0.2, 0) is 10.2 Å². The Morgan fingerprint density at radius 2 is 2.11 bits per heavy atom. The molecule has 1 aromatic rings. The molecule has 0 atom stereocenters. The van der Waals surface area contributed by atoms with Crippen LogP contribution in [0.5, 0.6) is 0 Å². The highest BCUT2D eigenvalue weighted by Gasteiger charge is 2.26. The first-order valence-electron chi connectivity index (χ1n) is 5.97. The molecule has 4 N–H and O–H groups in total. The number of nitrogens with two attached hydrogens (primary N) is 2. The molecule has 18 heavy (non-hydrogen) atoms. The Morgan fingerprint density at radius 1 is 1.39 bits per heavy atom. The number of anilines is 1. The summed E-state index contributed by atoms with van der Waals surface area (Å²) in [5.41, 5.74) is 13.4. The van der Waals surface area contributed by atoms with Gasteiger partial charge in [-0.1, -0.05) is 19.9 Å². The van der Waals surface area contributed by atoms with Crippen molar-refractivity contribution in [1.29, 1.82) is 0 Å². The predicted octanol–water partition coefficient (Wildman–Crippen LogP) is 1.28. The topological polar surface area (TPSA) is 72.3 Å². The van der Waals surface area contributed by atoms with Crippen molar-refractivity contribution in [3.8, 4) is 0 Å². The Hall–Kier alpha value is -1.04. The molecule has 0 saturated carbocycles. The molecule has 0 spiro atoms. The number of nitrogens with zero attached hydrogens (tertiary/aromatic N) is 1. The summed E-state index contributed by atoms with van der Waals surface area (Å²) in [6, 6.07) is 6.18. The van der Waals surface area contributed by atoms with Gasteiger partial charge in [0.25, 0.3) is 0 Å². The van der Waals surface area contributed by atoms with E-state index in [0.717, 1.165) is 16.1 Å². The van der Waals surface area contributed by atoms with E-state index in [2.05, 4.69) is 26.0 Å². The fraction of sp³-hybridized carbons (Fsp3) is 0.462. The molecule has 1 aliphatic rings. The standard InChI is InChI=1S/C13H19N3OS/c1-13(2,7-14)9-3-4-11-10(5-9)16(8-15)12(17)6-18-11/h3-5H,6-8,14-15H2,1-2H3. The fourth-order valence-electron chi connectivity index (χ4n) is 1.94. The maximum Gasteiger partial charge on any atom is 0.238 e. The summed E-state index contributed by atoms with van der Waals surface area (Å²) in [6.45, 7) is 4.98. The average Bonchev–Trinajstić information content (AvgIpc) is 2.38. The Bertz CT molecular complexity index is 473. The van der Waals surface area contributed by atoms with E-state index in [1.54, 1.807) is 16.7 Å². The molecule has 0 bridgehead atoms. The van der Waals surface area contributed by atoms with Gasteiger partial charge in [0.2, 0.25) is 5.91 Å². The van der Waals surface area contributed by atoms with Crippen molar-refractivity contribution >= 4 is 23.4 Å². The molecule has 0 radical (unpaired) electrons. The molecule has 1 heterocycles. The van der Waals surface area contributed by atoms with E-state index in [9.17, 15) is 4.79 Å². The molecule has 0 fully saturated rings. The van der Waals surface area contributed by atoms with Crippen molar-refractivity contribution in [2.24, 2.45) is 11.5 Å². The molecule has 1 amide bonds. The molecular formula is C13H19N3OS. The number of hydrogen-bond acceptors (Lipinski definition) is 4. The third-order valence-electron chi connectivity index (χ3n) is 3.38. The Balaban J connectivity index is 2.47. The second kappa shape index (κ2) is 4.91. The number of hydrogen-bond donors (Lipinski definition) is 2. The van der Waals surface area contributed by atoms with Gasteiger partial charge in [-0.25, -0.2) is 0 Å². The summed E-state index contributed by atoms with van der Waals surface area (Å²) in [6.07, 6.45) is 0. The first-order valence-corrected chi connectivity index (χ1v) is 6.96. The van der Waals surface area contributed by atoms with E-state index < -0.39 is 0 Å². The molecule has 4 nitrogen and oxygen atoms in total. The normalized spacial score (nSPS) is 15.8. The number of fused-ring (bicyclic) bond motifs is 1. The second-order valence-electron chi connectivity index (χ2n) is 5.06. The summed E-state index contributed by atoms with van der Waals surface area (Å²) in [5, 5.41) is 0. The van der Waals surface area contributed by atoms with E-state index in [1.165, 1.54) is 0 Å². The fourth-order valence-corrected chi connectivity index (χ4v) is 2.86. The van der Waals surface area contributed by atoms with Gasteiger partial charge in [0.15, 0.2) is 0 Å². The van der Waals surface area contributed by atoms with Crippen molar-refractivity contribution < 1.29 is 4.79 Å². The monoisotopic (exact) mass is 265 g/mol. The van der Waals surface area contributed by atoms with Gasteiger partial charge in [0.1, 0.15) is 0 Å². The third kappa shape index (κ3) is 2.25. The highest BCUT2D eigenvalue weighted by Crippen LogP contribution is 2.37. The van der Waals surface area contributed by atoms with Crippen LogP contribution in [-0.4, -0.2) is 24.9 Å². The summed E-state index contributed by atoms with van der Waals surface area (Å²) in [4.78, 5) is 14.6. The molecule has 0 aliphatic carbocycles. The van der Waals surface area contributed by atoms with Gasteiger partial charge in [-0.15, -0.1) is 11.8 Å².